The SMILES string of the molecule is COc1cccc(C(=O)NC(CCCC(=O)O)C(=O)O)c1. The van der Waals surface area contributed by atoms with Crippen molar-refractivity contribution in [2.75, 3.05) is 7.11 Å². The van der Waals surface area contributed by atoms with Gasteiger partial charge in [0.25, 0.3) is 5.91 Å². The van der Waals surface area contributed by atoms with E-state index in [1.165, 1.54) is 19.2 Å². The number of rotatable bonds is 8. The monoisotopic (exact) mass is 295 g/mol. The quantitative estimate of drug-likeness (QED) is 0.662. The number of nitrogens with one attached hydrogen (secondary N) is 1. The normalized spacial score (nSPS) is 11.5. The summed E-state index contributed by atoms with van der Waals surface area (Å²) in [5, 5.41) is 20.0. The summed E-state index contributed by atoms with van der Waals surface area (Å²) in [4.78, 5) is 33.5. The first-order valence-electron chi connectivity index (χ1n) is 6.33. The van der Waals surface area contributed by atoms with Crippen molar-refractivity contribution in [3.05, 3.63) is 29.8 Å². The third kappa shape index (κ3) is 5.52. The molecule has 7 nitrogen and oxygen atoms in total. The van der Waals surface area contributed by atoms with E-state index in [4.69, 9.17) is 14.9 Å². The first-order valence-corrected chi connectivity index (χ1v) is 6.33. The van der Waals surface area contributed by atoms with Crippen LogP contribution in [0.1, 0.15) is 29.6 Å². The predicted octanol–water partition coefficient (Wildman–Crippen LogP) is 1.13. The van der Waals surface area contributed by atoms with Crippen LogP contribution in [0, 0.1) is 0 Å². The van der Waals surface area contributed by atoms with Crippen molar-refractivity contribution in [2.24, 2.45) is 0 Å². The molecule has 0 aromatic heterocycles. The maximum atomic E-state index is 12.0. The molecule has 3 N–H and O–H groups in total. The van der Waals surface area contributed by atoms with Crippen molar-refractivity contribution in [1.29, 1.82) is 0 Å². The molecule has 1 atom stereocenters. The Balaban J connectivity index is 2.67. The van der Waals surface area contributed by atoms with Gasteiger partial charge in [-0.2, -0.15) is 0 Å². The molecule has 7 heteroatoms. The molecule has 1 rings (SSSR count). The van der Waals surface area contributed by atoms with Gasteiger partial charge < -0.3 is 20.3 Å². The Morgan fingerprint density at radius 2 is 2.00 bits per heavy atom. The fourth-order valence-corrected chi connectivity index (χ4v) is 1.72. The van der Waals surface area contributed by atoms with Gasteiger partial charge in [-0.1, -0.05) is 6.07 Å². The topological polar surface area (TPSA) is 113 Å². The van der Waals surface area contributed by atoms with Crippen LogP contribution in [-0.4, -0.2) is 41.2 Å². The fraction of sp³-hybridized carbons (Fsp3) is 0.357. The zero-order valence-corrected chi connectivity index (χ0v) is 11.5. The summed E-state index contributed by atoms with van der Waals surface area (Å²) < 4.78 is 4.99. The Bertz CT molecular complexity index is 528. The van der Waals surface area contributed by atoms with Gasteiger partial charge in [-0.15, -0.1) is 0 Å². The molecule has 1 amide bonds. The van der Waals surface area contributed by atoms with E-state index in [1.807, 2.05) is 0 Å². The summed E-state index contributed by atoms with van der Waals surface area (Å²) >= 11 is 0. The highest BCUT2D eigenvalue weighted by Crippen LogP contribution is 2.13. The third-order valence-corrected chi connectivity index (χ3v) is 2.82. The lowest BCUT2D eigenvalue weighted by atomic mass is 10.1. The van der Waals surface area contributed by atoms with E-state index in [-0.39, 0.29) is 24.8 Å². The number of carbonyl (C=O) groups excluding carboxylic acids is 1. The number of methoxy groups -OCH3 is 1. The van der Waals surface area contributed by atoms with E-state index >= 15 is 0 Å². The summed E-state index contributed by atoms with van der Waals surface area (Å²) in [6.45, 7) is 0. The molecule has 0 saturated heterocycles. The van der Waals surface area contributed by atoms with Crippen LogP contribution in [0.3, 0.4) is 0 Å². The van der Waals surface area contributed by atoms with Crippen LogP contribution in [0.4, 0.5) is 0 Å². The van der Waals surface area contributed by atoms with Crippen LogP contribution in [0.2, 0.25) is 0 Å². The second-order valence-corrected chi connectivity index (χ2v) is 4.38. The number of hydrogen-bond acceptors (Lipinski definition) is 4. The molecular weight excluding hydrogens is 278 g/mol. The number of benzene rings is 1. The number of hydrogen-bond donors (Lipinski definition) is 3. The van der Waals surface area contributed by atoms with E-state index in [9.17, 15) is 14.4 Å². The summed E-state index contributed by atoms with van der Waals surface area (Å²) in [6, 6.07) is 5.19. The van der Waals surface area contributed by atoms with Crippen molar-refractivity contribution >= 4 is 17.8 Å². The Labute approximate surface area is 121 Å². The average Bonchev–Trinajstić information content (AvgIpc) is 2.45. The Morgan fingerprint density at radius 1 is 1.29 bits per heavy atom. The highest BCUT2D eigenvalue weighted by molar-refractivity contribution is 5.96. The van der Waals surface area contributed by atoms with Crippen molar-refractivity contribution in [3.63, 3.8) is 0 Å². The molecule has 21 heavy (non-hydrogen) atoms. The number of carboxylic acids is 2. The number of carboxylic acid groups (broad SMARTS) is 2. The largest absolute Gasteiger partial charge is 0.497 e. The zero-order chi connectivity index (χ0) is 15.8. The number of carbonyl (C=O) groups is 3. The number of aliphatic carboxylic acids is 2. The average molecular weight is 295 g/mol. The van der Waals surface area contributed by atoms with Crippen LogP contribution in [0.15, 0.2) is 24.3 Å². The molecule has 1 aromatic carbocycles. The summed E-state index contributed by atoms with van der Waals surface area (Å²) in [6.07, 6.45) is 0.0842. The first-order chi connectivity index (χ1) is 9.93. The van der Waals surface area contributed by atoms with Gasteiger partial charge in [0.05, 0.1) is 7.11 Å². The summed E-state index contributed by atoms with van der Waals surface area (Å²) in [7, 11) is 1.46. The highest BCUT2D eigenvalue weighted by Gasteiger charge is 2.20. The van der Waals surface area contributed by atoms with Gasteiger partial charge in [0, 0.05) is 12.0 Å². The Kier molecular flexibility index (Phi) is 6.19. The predicted molar refractivity (Wildman–Crippen MR) is 73.4 cm³/mol. The van der Waals surface area contributed by atoms with Gasteiger partial charge in [0.2, 0.25) is 0 Å². The molecule has 1 unspecified atom stereocenters. The lowest BCUT2D eigenvalue weighted by Crippen LogP contribution is -2.40. The molecule has 0 heterocycles. The maximum Gasteiger partial charge on any atom is 0.326 e. The fourth-order valence-electron chi connectivity index (χ4n) is 1.72. The van der Waals surface area contributed by atoms with Crippen molar-refractivity contribution < 1.29 is 29.3 Å². The molecule has 0 aliphatic rings. The van der Waals surface area contributed by atoms with Crippen molar-refractivity contribution in [3.8, 4) is 5.75 Å². The van der Waals surface area contributed by atoms with E-state index in [1.54, 1.807) is 12.1 Å². The minimum atomic E-state index is -1.20. The molecule has 1 aromatic rings. The van der Waals surface area contributed by atoms with Crippen LogP contribution in [-0.2, 0) is 9.59 Å². The van der Waals surface area contributed by atoms with Crippen LogP contribution in [0.25, 0.3) is 0 Å². The molecular formula is C14H17NO6. The number of amides is 1. The van der Waals surface area contributed by atoms with Gasteiger partial charge in [-0.25, -0.2) is 4.79 Å². The van der Waals surface area contributed by atoms with Gasteiger partial charge in [0.1, 0.15) is 11.8 Å². The smallest absolute Gasteiger partial charge is 0.326 e. The molecule has 0 aliphatic heterocycles. The van der Waals surface area contributed by atoms with Gasteiger partial charge in [0.15, 0.2) is 0 Å². The lowest BCUT2D eigenvalue weighted by Gasteiger charge is -2.14. The van der Waals surface area contributed by atoms with Crippen LogP contribution < -0.4 is 10.1 Å². The lowest BCUT2D eigenvalue weighted by molar-refractivity contribution is -0.140. The molecule has 0 aliphatic carbocycles. The van der Waals surface area contributed by atoms with Gasteiger partial charge in [-0.05, 0) is 31.0 Å². The van der Waals surface area contributed by atoms with E-state index < -0.39 is 23.9 Å². The number of ether oxygens (including phenoxy) is 1. The molecule has 0 fully saturated rings. The van der Waals surface area contributed by atoms with Crippen LogP contribution >= 0.6 is 0 Å². The molecule has 114 valence electrons. The minimum absolute atomic E-state index is 0.0529. The van der Waals surface area contributed by atoms with Gasteiger partial charge >= 0.3 is 11.9 Å². The van der Waals surface area contributed by atoms with E-state index in [2.05, 4.69) is 5.32 Å². The summed E-state index contributed by atoms with van der Waals surface area (Å²) in [5.74, 6) is -2.26. The van der Waals surface area contributed by atoms with Gasteiger partial charge in [-0.3, -0.25) is 9.59 Å². The second kappa shape index (κ2) is 7.88. The first kappa shape index (κ1) is 16.5. The molecule has 0 radical (unpaired) electrons. The standard InChI is InChI=1S/C14H17NO6/c1-21-10-5-2-4-9(8-10)13(18)15-11(14(19)20)6-3-7-12(16)17/h2,4-5,8,11H,3,6-7H2,1H3,(H,15,18)(H,16,17)(H,19,20). The van der Waals surface area contributed by atoms with Crippen LogP contribution in [0.5, 0.6) is 5.75 Å². The Hall–Kier alpha value is -2.57. The Morgan fingerprint density at radius 3 is 2.57 bits per heavy atom. The van der Waals surface area contributed by atoms with E-state index in [0.29, 0.717) is 5.75 Å². The third-order valence-electron chi connectivity index (χ3n) is 2.82. The van der Waals surface area contributed by atoms with Crippen molar-refractivity contribution in [1.82, 2.24) is 5.32 Å². The zero-order valence-electron chi connectivity index (χ0n) is 11.5. The highest BCUT2D eigenvalue weighted by atomic mass is 16.5. The molecule has 0 bridgehead atoms. The second-order valence-electron chi connectivity index (χ2n) is 4.38. The molecule has 0 saturated carbocycles. The summed E-state index contributed by atoms with van der Waals surface area (Å²) in [5.41, 5.74) is 0.277. The van der Waals surface area contributed by atoms with Crippen molar-refractivity contribution in [2.45, 2.75) is 25.3 Å². The maximum absolute atomic E-state index is 12.0. The van der Waals surface area contributed by atoms with E-state index in [0.717, 1.165) is 0 Å². The molecule has 0 spiro atoms. The minimum Gasteiger partial charge on any atom is -0.497 e.